The molecule has 2 atom stereocenters. The number of carbonyl (C=O) groups excluding carboxylic acids is 2. The van der Waals surface area contributed by atoms with Crippen molar-refractivity contribution in [3.8, 4) is 0 Å². The highest BCUT2D eigenvalue weighted by Gasteiger charge is 2.19. The van der Waals surface area contributed by atoms with Gasteiger partial charge in [0.2, 0.25) is 11.8 Å². The van der Waals surface area contributed by atoms with Crippen LogP contribution in [0.4, 0.5) is 0 Å². The minimum atomic E-state index is -0.00568. The lowest BCUT2D eigenvalue weighted by Gasteiger charge is -2.16. The van der Waals surface area contributed by atoms with E-state index in [1.54, 1.807) is 0 Å². The summed E-state index contributed by atoms with van der Waals surface area (Å²) in [5, 5.41) is 12.7. The van der Waals surface area contributed by atoms with Gasteiger partial charge in [-0.1, -0.05) is 25.7 Å². The maximum absolute atomic E-state index is 12.1. The van der Waals surface area contributed by atoms with E-state index in [1.165, 1.54) is 25.7 Å². The minimum absolute atomic E-state index is 0.00568. The lowest BCUT2D eigenvalue weighted by atomic mass is 10.1. The van der Waals surface area contributed by atoms with Crippen LogP contribution in [-0.2, 0) is 9.59 Å². The minimum Gasteiger partial charge on any atom is -0.355 e. The van der Waals surface area contributed by atoms with Crippen LogP contribution in [0.1, 0.15) is 70.6 Å². The van der Waals surface area contributed by atoms with Crippen molar-refractivity contribution in [2.24, 2.45) is 0 Å². The Kier molecular flexibility index (Phi) is 9.89. The highest BCUT2D eigenvalue weighted by atomic mass is 16.2. The molecule has 0 saturated carbocycles. The summed E-state index contributed by atoms with van der Waals surface area (Å²) in [6.45, 7) is 3.37. The first-order chi connectivity index (χ1) is 12.3. The predicted octanol–water partition coefficient (Wildman–Crippen LogP) is 1.45. The fourth-order valence-corrected chi connectivity index (χ4v) is 3.60. The number of amides is 2. The molecule has 25 heavy (non-hydrogen) atoms. The number of hydrogen-bond donors (Lipinski definition) is 4. The van der Waals surface area contributed by atoms with Crippen molar-refractivity contribution in [1.82, 2.24) is 21.3 Å². The van der Waals surface area contributed by atoms with Crippen molar-refractivity contribution in [2.75, 3.05) is 26.2 Å². The van der Waals surface area contributed by atoms with Gasteiger partial charge in [0.1, 0.15) is 0 Å². The fraction of sp³-hybridized carbons (Fsp3) is 0.895. The van der Waals surface area contributed by atoms with Crippen molar-refractivity contribution in [2.45, 2.75) is 82.7 Å². The van der Waals surface area contributed by atoms with Crippen LogP contribution in [0.5, 0.6) is 0 Å². The van der Waals surface area contributed by atoms with Crippen molar-refractivity contribution >= 4 is 11.8 Å². The Morgan fingerprint density at radius 3 is 1.64 bits per heavy atom. The Labute approximate surface area is 152 Å². The molecule has 6 heteroatoms. The maximum atomic E-state index is 12.1. The molecule has 2 amide bonds. The number of nitrogens with one attached hydrogen (secondary N) is 4. The molecule has 0 aliphatic carbocycles. The zero-order chi connectivity index (χ0) is 17.7. The third-order valence-electron chi connectivity index (χ3n) is 5.21. The van der Waals surface area contributed by atoms with Crippen LogP contribution in [0.15, 0.2) is 0 Å². The van der Waals surface area contributed by atoms with Gasteiger partial charge < -0.3 is 21.3 Å². The Morgan fingerprint density at radius 2 is 1.16 bits per heavy atom. The third kappa shape index (κ3) is 8.19. The van der Waals surface area contributed by atoms with Gasteiger partial charge in [-0.3, -0.25) is 9.59 Å². The number of rotatable bonds is 8. The van der Waals surface area contributed by atoms with Gasteiger partial charge in [-0.2, -0.15) is 0 Å². The summed E-state index contributed by atoms with van der Waals surface area (Å²) in [4.78, 5) is 24.2. The summed E-state index contributed by atoms with van der Waals surface area (Å²) < 4.78 is 0. The highest BCUT2D eigenvalue weighted by Crippen LogP contribution is 2.09. The Hall–Kier alpha value is -1.14. The molecule has 2 rings (SSSR count). The molecule has 0 radical (unpaired) electrons. The molecule has 0 bridgehead atoms. The van der Waals surface area contributed by atoms with E-state index in [4.69, 9.17) is 0 Å². The molecule has 144 valence electrons. The average molecular weight is 353 g/mol. The summed E-state index contributed by atoms with van der Waals surface area (Å²) in [6.07, 6.45) is 11.9. The van der Waals surface area contributed by atoms with Crippen molar-refractivity contribution < 1.29 is 9.59 Å². The van der Waals surface area contributed by atoms with E-state index in [0.717, 1.165) is 71.1 Å². The average Bonchev–Trinajstić information content (AvgIpc) is 3.05. The Balaban J connectivity index is 1.46. The summed E-state index contributed by atoms with van der Waals surface area (Å²) >= 11 is 0. The number of unbranched alkanes of at least 4 members (excludes halogenated alkanes) is 2. The van der Waals surface area contributed by atoms with Gasteiger partial charge in [-0.25, -0.2) is 0 Å². The van der Waals surface area contributed by atoms with Crippen molar-refractivity contribution in [3.05, 3.63) is 0 Å². The molecule has 2 aliphatic heterocycles. The second kappa shape index (κ2) is 12.3. The maximum Gasteiger partial charge on any atom is 0.237 e. The van der Waals surface area contributed by atoms with Crippen molar-refractivity contribution in [1.29, 1.82) is 0 Å². The predicted molar refractivity (Wildman–Crippen MR) is 100 cm³/mol. The molecule has 0 aromatic rings. The normalized spacial score (nSPS) is 24.8. The van der Waals surface area contributed by atoms with Crippen LogP contribution >= 0.6 is 0 Å². The second-order valence-electron chi connectivity index (χ2n) is 7.35. The molecular formula is C19H36N4O2. The second-order valence-corrected chi connectivity index (χ2v) is 7.35. The van der Waals surface area contributed by atoms with E-state index >= 15 is 0 Å². The van der Waals surface area contributed by atoms with Gasteiger partial charge in [0, 0.05) is 13.1 Å². The molecule has 0 aromatic carbocycles. The van der Waals surface area contributed by atoms with E-state index in [1.807, 2.05) is 0 Å². The van der Waals surface area contributed by atoms with E-state index < -0.39 is 0 Å². The molecule has 6 nitrogen and oxygen atoms in total. The SMILES string of the molecule is O=C(NCCCCCNC(=O)C1CCCCCN1)C1CCCCCN1. The van der Waals surface area contributed by atoms with Gasteiger partial charge in [-0.15, -0.1) is 0 Å². The summed E-state index contributed by atoms with van der Waals surface area (Å²) in [5.74, 6) is 0.296. The van der Waals surface area contributed by atoms with Crippen LogP contribution in [0.25, 0.3) is 0 Å². The van der Waals surface area contributed by atoms with Crippen LogP contribution in [0.3, 0.4) is 0 Å². The van der Waals surface area contributed by atoms with Gasteiger partial charge in [0.25, 0.3) is 0 Å². The smallest absolute Gasteiger partial charge is 0.237 e. The van der Waals surface area contributed by atoms with Gasteiger partial charge in [-0.05, 0) is 58.0 Å². The first-order valence-corrected chi connectivity index (χ1v) is 10.3. The van der Waals surface area contributed by atoms with Crippen LogP contribution in [0.2, 0.25) is 0 Å². The lowest BCUT2D eigenvalue weighted by molar-refractivity contribution is -0.123. The van der Waals surface area contributed by atoms with E-state index in [9.17, 15) is 9.59 Å². The van der Waals surface area contributed by atoms with E-state index in [-0.39, 0.29) is 23.9 Å². The largest absolute Gasteiger partial charge is 0.355 e. The molecular weight excluding hydrogens is 316 g/mol. The fourth-order valence-electron chi connectivity index (χ4n) is 3.60. The zero-order valence-corrected chi connectivity index (χ0v) is 15.6. The highest BCUT2D eigenvalue weighted by molar-refractivity contribution is 5.82. The molecule has 0 spiro atoms. The quantitative estimate of drug-likeness (QED) is 0.499. The first kappa shape index (κ1) is 20.2. The molecule has 2 aliphatic rings. The van der Waals surface area contributed by atoms with Crippen LogP contribution < -0.4 is 21.3 Å². The standard InChI is InChI=1S/C19H36N4O2/c24-18(16-10-4-1-6-12-20-16)22-14-8-3-9-15-23-19(25)17-11-5-2-7-13-21-17/h16-17,20-21H,1-15H2,(H,22,24)(H,23,25). The molecule has 4 N–H and O–H groups in total. The first-order valence-electron chi connectivity index (χ1n) is 10.3. The van der Waals surface area contributed by atoms with Crippen LogP contribution in [-0.4, -0.2) is 50.1 Å². The summed E-state index contributed by atoms with van der Waals surface area (Å²) in [7, 11) is 0. The summed E-state index contributed by atoms with van der Waals surface area (Å²) in [6, 6.07) is -0.0114. The van der Waals surface area contributed by atoms with Crippen LogP contribution in [0, 0.1) is 0 Å². The Bertz CT molecular complexity index is 351. The van der Waals surface area contributed by atoms with Gasteiger partial charge >= 0.3 is 0 Å². The van der Waals surface area contributed by atoms with E-state index in [0.29, 0.717) is 0 Å². The molecule has 2 fully saturated rings. The van der Waals surface area contributed by atoms with Crippen molar-refractivity contribution in [3.63, 3.8) is 0 Å². The molecule has 2 heterocycles. The zero-order valence-electron chi connectivity index (χ0n) is 15.6. The Morgan fingerprint density at radius 1 is 0.680 bits per heavy atom. The number of hydrogen-bond acceptors (Lipinski definition) is 4. The third-order valence-corrected chi connectivity index (χ3v) is 5.21. The van der Waals surface area contributed by atoms with Gasteiger partial charge in [0.05, 0.1) is 12.1 Å². The molecule has 2 saturated heterocycles. The topological polar surface area (TPSA) is 82.3 Å². The molecule has 2 unspecified atom stereocenters. The van der Waals surface area contributed by atoms with Gasteiger partial charge in [0.15, 0.2) is 0 Å². The lowest BCUT2D eigenvalue weighted by Crippen LogP contribution is -2.44. The number of carbonyl (C=O) groups is 2. The van der Waals surface area contributed by atoms with E-state index in [2.05, 4.69) is 21.3 Å². The summed E-state index contributed by atoms with van der Waals surface area (Å²) in [5.41, 5.74) is 0. The molecule has 0 aromatic heterocycles. The monoisotopic (exact) mass is 352 g/mol.